The van der Waals surface area contributed by atoms with E-state index in [4.69, 9.17) is 11.6 Å². The lowest BCUT2D eigenvalue weighted by molar-refractivity contribution is 0.104. The topological polar surface area (TPSA) is 41.1 Å². The molecule has 100 valence electrons. The molecule has 1 aromatic carbocycles. The molecule has 1 aromatic rings. The van der Waals surface area contributed by atoms with Gasteiger partial charge in [-0.25, -0.2) is 0 Å². The van der Waals surface area contributed by atoms with Gasteiger partial charge >= 0.3 is 0 Å². The van der Waals surface area contributed by atoms with Crippen molar-refractivity contribution in [1.29, 1.82) is 0 Å². The first-order chi connectivity index (χ1) is 9.24. The van der Waals surface area contributed by atoms with Crippen LogP contribution in [0.4, 0.5) is 0 Å². The van der Waals surface area contributed by atoms with Crippen LogP contribution in [0.15, 0.2) is 36.2 Å². The van der Waals surface area contributed by atoms with Crippen molar-refractivity contribution in [2.24, 2.45) is 0 Å². The summed E-state index contributed by atoms with van der Waals surface area (Å²) in [6.07, 6.45) is 6.51. The van der Waals surface area contributed by atoms with Crippen LogP contribution in [0.1, 0.15) is 36.0 Å². The Morgan fingerprint density at radius 1 is 1.16 bits per heavy atom. The van der Waals surface area contributed by atoms with Gasteiger partial charge in [0.2, 0.25) is 0 Å². The van der Waals surface area contributed by atoms with E-state index >= 15 is 0 Å². The van der Waals surface area contributed by atoms with Gasteiger partial charge in [0, 0.05) is 23.7 Å². The van der Waals surface area contributed by atoms with Crippen LogP contribution in [-0.4, -0.2) is 17.9 Å². The standard InChI is InChI=1S/C15H17ClN2O/c16-11-6-2-1-5-10(11)14(19)9-15-17-12-7-3-4-8-13(12)18-15/h1-2,5-6,9,12-13,17-18H,3-4,7-8H2/t12-,13-/m0/s1. The highest BCUT2D eigenvalue weighted by atomic mass is 35.5. The fourth-order valence-corrected chi connectivity index (χ4v) is 3.10. The lowest BCUT2D eigenvalue weighted by Gasteiger charge is -2.23. The van der Waals surface area contributed by atoms with Gasteiger partial charge < -0.3 is 10.6 Å². The highest BCUT2D eigenvalue weighted by Crippen LogP contribution is 2.24. The highest BCUT2D eigenvalue weighted by molar-refractivity contribution is 6.34. The number of benzene rings is 1. The first kappa shape index (κ1) is 12.5. The van der Waals surface area contributed by atoms with Gasteiger partial charge in [0.05, 0.1) is 5.02 Å². The molecule has 0 unspecified atom stereocenters. The molecule has 2 aliphatic rings. The van der Waals surface area contributed by atoms with Crippen molar-refractivity contribution in [3.8, 4) is 0 Å². The summed E-state index contributed by atoms with van der Waals surface area (Å²) < 4.78 is 0. The predicted octanol–water partition coefficient (Wildman–Crippen LogP) is 2.87. The monoisotopic (exact) mass is 276 g/mol. The van der Waals surface area contributed by atoms with Crippen LogP contribution in [-0.2, 0) is 0 Å². The number of rotatable bonds is 2. The largest absolute Gasteiger partial charge is 0.367 e. The molecule has 3 nitrogen and oxygen atoms in total. The van der Waals surface area contributed by atoms with Crippen molar-refractivity contribution in [3.05, 3.63) is 46.7 Å². The second-order valence-electron chi connectivity index (χ2n) is 5.19. The molecule has 0 aromatic heterocycles. The van der Waals surface area contributed by atoms with Crippen molar-refractivity contribution >= 4 is 17.4 Å². The Morgan fingerprint density at radius 3 is 2.42 bits per heavy atom. The first-order valence-corrected chi connectivity index (χ1v) is 7.15. The average molecular weight is 277 g/mol. The number of carbonyl (C=O) groups excluding carboxylic acids is 1. The van der Waals surface area contributed by atoms with E-state index in [1.165, 1.54) is 25.7 Å². The fourth-order valence-electron chi connectivity index (χ4n) is 2.87. The second kappa shape index (κ2) is 5.25. The summed E-state index contributed by atoms with van der Waals surface area (Å²) in [6, 6.07) is 8.09. The van der Waals surface area contributed by atoms with Gasteiger partial charge in [-0.05, 0) is 25.0 Å². The van der Waals surface area contributed by atoms with Gasteiger partial charge in [-0.15, -0.1) is 0 Å². The van der Waals surface area contributed by atoms with Crippen LogP contribution < -0.4 is 10.6 Å². The number of fused-ring (bicyclic) bond motifs is 1. The van der Waals surface area contributed by atoms with Gasteiger partial charge in [-0.2, -0.15) is 0 Å². The van der Waals surface area contributed by atoms with Crippen molar-refractivity contribution < 1.29 is 4.79 Å². The Labute approximate surface area is 118 Å². The number of allylic oxidation sites excluding steroid dienone is 1. The van der Waals surface area contributed by atoms with Crippen LogP contribution in [0, 0.1) is 0 Å². The van der Waals surface area contributed by atoms with E-state index in [0.717, 1.165) is 5.82 Å². The van der Waals surface area contributed by atoms with E-state index in [1.54, 1.807) is 18.2 Å². The Morgan fingerprint density at radius 2 is 1.79 bits per heavy atom. The summed E-state index contributed by atoms with van der Waals surface area (Å²) in [4.78, 5) is 12.2. The molecule has 4 heteroatoms. The molecule has 1 aliphatic heterocycles. The van der Waals surface area contributed by atoms with E-state index in [1.807, 2.05) is 12.1 Å². The zero-order valence-corrected chi connectivity index (χ0v) is 11.4. The Kier molecular flexibility index (Phi) is 3.47. The summed E-state index contributed by atoms with van der Waals surface area (Å²) in [5.74, 6) is 0.779. The van der Waals surface area contributed by atoms with E-state index in [0.29, 0.717) is 22.7 Å². The molecule has 0 radical (unpaired) electrons. The first-order valence-electron chi connectivity index (χ1n) is 6.77. The van der Waals surface area contributed by atoms with Crippen molar-refractivity contribution in [2.45, 2.75) is 37.8 Å². The Balaban J connectivity index is 1.76. The second-order valence-corrected chi connectivity index (χ2v) is 5.60. The third-order valence-corrected chi connectivity index (χ3v) is 4.19. The number of ketones is 1. The molecule has 0 spiro atoms. The summed E-state index contributed by atoms with van der Waals surface area (Å²) >= 11 is 6.04. The van der Waals surface area contributed by atoms with E-state index in [2.05, 4.69) is 10.6 Å². The molecule has 1 heterocycles. The molecule has 1 saturated heterocycles. The van der Waals surface area contributed by atoms with E-state index in [-0.39, 0.29) is 5.78 Å². The SMILES string of the molecule is O=C(C=C1N[C@H]2CCCC[C@@H]2N1)c1ccccc1Cl. The van der Waals surface area contributed by atoms with Crippen molar-refractivity contribution in [1.82, 2.24) is 10.6 Å². The number of carbonyl (C=O) groups is 1. The van der Waals surface area contributed by atoms with Crippen LogP contribution in [0.5, 0.6) is 0 Å². The Hall–Kier alpha value is -1.48. The molecule has 1 saturated carbocycles. The molecular weight excluding hydrogens is 260 g/mol. The lowest BCUT2D eigenvalue weighted by Crippen LogP contribution is -2.36. The fraction of sp³-hybridized carbons (Fsp3) is 0.400. The minimum absolute atomic E-state index is 0.0563. The van der Waals surface area contributed by atoms with Crippen molar-refractivity contribution in [3.63, 3.8) is 0 Å². The lowest BCUT2D eigenvalue weighted by atomic mass is 9.92. The maximum Gasteiger partial charge on any atom is 0.190 e. The highest BCUT2D eigenvalue weighted by Gasteiger charge is 2.31. The quantitative estimate of drug-likeness (QED) is 0.645. The maximum atomic E-state index is 12.2. The van der Waals surface area contributed by atoms with Gasteiger partial charge in [0.25, 0.3) is 0 Å². The third-order valence-electron chi connectivity index (χ3n) is 3.86. The molecule has 0 bridgehead atoms. The van der Waals surface area contributed by atoms with Gasteiger partial charge in [-0.1, -0.05) is 36.6 Å². The molecule has 0 amide bonds. The van der Waals surface area contributed by atoms with E-state index in [9.17, 15) is 4.79 Å². The molecule has 2 atom stereocenters. The van der Waals surface area contributed by atoms with Crippen LogP contribution in [0.3, 0.4) is 0 Å². The van der Waals surface area contributed by atoms with Crippen LogP contribution in [0.25, 0.3) is 0 Å². The van der Waals surface area contributed by atoms with Gasteiger partial charge in [0.15, 0.2) is 5.78 Å². The Bertz CT molecular complexity index is 511. The summed E-state index contributed by atoms with van der Waals surface area (Å²) in [7, 11) is 0. The van der Waals surface area contributed by atoms with Crippen LogP contribution >= 0.6 is 11.6 Å². The zero-order chi connectivity index (χ0) is 13.2. The van der Waals surface area contributed by atoms with Gasteiger partial charge in [-0.3, -0.25) is 4.79 Å². The minimum atomic E-state index is -0.0563. The number of nitrogens with one attached hydrogen (secondary N) is 2. The summed E-state index contributed by atoms with van der Waals surface area (Å²) in [5.41, 5.74) is 0.551. The van der Waals surface area contributed by atoms with Crippen LogP contribution in [0.2, 0.25) is 5.02 Å². The molecule has 2 N–H and O–H groups in total. The zero-order valence-electron chi connectivity index (χ0n) is 10.7. The molecule has 1 aliphatic carbocycles. The normalized spacial score (nSPS) is 25.2. The molecule has 2 fully saturated rings. The molecule has 3 rings (SSSR count). The maximum absolute atomic E-state index is 12.2. The number of halogens is 1. The summed E-state index contributed by atoms with van der Waals surface area (Å²) in [5, 5.41) is 7.30. The number of hydrogen-bond donors (Lipinski definition) is 2. The smallest absolute Gasteiger partial charge is 0.190 e. The summed E-state index contributed by atoms with van der Waals surface area (Å²) in [6.45, 7) is 0. The average Bonchev–Trinajstić information content (AvgIpc) is 2.81. The third kappa shape index (κ3) is 2.61. The predicted molar refractivity (Wildman–Crippen MR) is 76.2 cm³/mol. The minimum Gasteiger partial charge on any atom is -0.367 e. The number of hydrogen-bond acceptors (Lipinski definition) is 3. The molecule has 19 heavy (non-hydrogen) atoms. The van der Waals surface area contributed by atoms with Crippen molar-refractivity contribution in [2.75, 3.05) is 0 Å². The molecular formula is C15H17ClN2O. The van der Waals surface area contributed by atoms with Gasteiger partial charge in [0.1, 0.15) is 5.82 Å². The van der Waals surface area contributed by atoms with E-state index < -0.39 is 0 Å².